The molecule has 0 aliphatic rings. The van der Waals surface area contributed by atoms with Gasteiger partial charge in [-0.15, -0.1) is 0 Å². The molecule has 0 saturated heterocycles. The zero-order valence-electron chi connectivity index (χ0n) is 3.17. The van der Waals surface area contributed by atoms with Gasteiger partial charge in [-0.1, -0.05) is 0 Å². The van der Waals surface area contributed by atoms with Crippen molar-refractivity contribution in [1.29, 1.82) is 0 Å². The fourth-order valence-corrected chi connectivity index (χ4v) is 0. The maximum Gasteiger partial charge on any atom is 0.0689 e. The van der Waals surface area contributed by atoms with E-state index in [1.165, 1.54) is 0 Å². The molecule has 0 aliphatic heterocycles. The van der Waals surface area contributed by atoms with Gasteiger partial charge in [-0.05, 0) is 0 Å². The van der Waals surface area contributed by atoms with Crippen LogP contribution in [0, 0.1) is 15.3 Å². The Labute approximate surface area is 54.2 Å². The fraction of sp³-hybridized carbons (Fsp3) is 0. The van der Waals surface area contributed by atoms with Crippen LogP contribution in [0.1, 0.15) is 0 Å². The van der Waals surface area contributed by atoms with Crippen molar-refractivity contribution in [2.75, 3.05) is 0 Å². The van der Waals surface area contributed by atoms with E-state index in [2.05, 4.69) is 0 Å². The Morgan fingerprint density at radius 2 is 1.33 bits per heavy atom. The first-order valence-electron chi connectivity index (χ1n) is 0.548. The van der Waals surface area contributed by atoms with Gasteiger partial charge in [0.25, 0.3) is 0 Å². The second kappa shape index (κ2) is 8.91. The van der Waals surface area contributed by atoms with Crippen LogP contribution in [-0.4, -0.2) is 32.4 Å². The monoisotopic (exact) mass is 288 g/mol. The Balaban J connectivity index is -0.0000000450. The van der Waals surface area contributed by atoms with E-state index >= 15 is 0 Å². The van der Waals surface area contributed by atoms with Crippen molar-refractivity contribution in [2.24, 2.45) is 0 Å². The molecule has 4 N–H and O–H groups in total. The van der Waals surface area contributed by atoms with E-state index in [9.17, 15) is 0 Å². The summed E-state index contributed by atoms with van der Waals surface area (Å²) in [5, 5.41) is 14.8. The second-order valence-electron chi connectivity index (χ2n) is 0.224. The number of rotatable bonds is 0. The van der Waals surface area contributed by atoms with Crippen molar-refractivity contribution in [2.45, 2.75) is 0 Å². The zero-order chi connectivity index (χ0) is 3.58. The maximum atomic E-state index is 8.25. The van der Waals surface area contributed by atoms with Gasteiger partial charge in [0.2, 0.25) is 0 Å². The normalized spacial score (nSPS) is 4.00. The van der Waals surface area contributed by atoms with Gasteiger partial charge in [0.15, 0.2) is 0 Å². The van der Waals surface area contributed by atoms with E-state index in [0.29, 0.717) is 0 Å². The van der Waals surface area contributed by atoms with Gasteiger partial charge < -0.3 is 21.5 Å². The summed E-state index contributed by atoms with van der Waals surface area (Å²) in [6.45, 7) is 0. The average Bonchev–Trinajstić information content (AvgIpc) is 0.811. The molecule has 0 spiro atoms. The average molecular weight is 287 g/mol. The number of hydrogen-bond donors (Lipinski definition) is 1. The van der Waals surface area contributed by atoms with Gasteiger partial charge in [0.05, 0.1) is 5.09 Å². The van der Waals surface area contributed by atoms with Crippen LogP contribution in [0.5, 0.6) is 0 Å². The maximum absolute atomic E-state index is 8.25. The first kappa shape index (κ1) is 16.5. The molecule has 6 heavy (non-hydrogen) atoms. The summed E-state index contributed by atoms with van der Waals surface area (Å²) in [6, 6.07) is 0. The Morgan fingerprint density at radius 1 is 1.33 bits per heavy atom. The van der Waals surface area contributed by atoms with Crippen LogP contribution < -0.4 is 6.15 Å². The van der Waals surface area contributed by atoms with Crippen molar-refractivity contribution >= 4 is 27.3 Å². The van der Waals surface area contributed by atoms with Gasteiger partial charge >= 0.3 is 0 Å². The van der Waals surface area contributed by atoms with Gasteiger partial charge in [-0.2, -0.15) is 0 Å². The molecule has 0 amide bonds. The first-order chi connectivity index (χ1) is 1.73. The SMILES string of the molecule is O=[N+]([O-])[O-].[NH4+].[Pb]. The Kier molecular flexibility index (Phi) is 24.6. The summed E-state index contributed by atoms with van der Waals surface area (Å²) in [6.07, 6.45) is 0. The molecule has 0 fully saturated rings. The quantitative estimate of drug-likeness (QED) is 0.377. The fourth-order valence-electron chi connectivity index (χ4n) is 0. The Hall–Kier alpha value is 0.0821. The van der Waals surface area contributed by atoms with E-state index in [4.69, 9.17) is 15.3 Å². The van der Waals surface area contributed by atoms with Crippen molar-refractivity contribution in [3.63, 3.8) is 0 Å². The zero-order valence-corrected chi connectivity index (χ0v) is 7.06. The summed E-state index contributed by atoms with van der Waals surface area (Å²) in [5.74, 6) is 0. The molecule has 0 aromatic heterocycles. The van der Waals surface area contributed by atoms with Gasteiger partial charge in [-0.3, -0.25) is 0 Å². The molecule has 0 unspecified atom stereocenters. The van der Waals surface area contributed by atoms with Crippen molar-refractivity contribution < 1.29 is 5.09 Å². The standard InChI is InChI=1S/NO3.H3N.Pb/c2-1(3)4;;/h;1H3;/q-1;;/p+1. The van der Waals surface area contributed by atoms with Gasteiger partial charge in [0, 0.05) is 27.3 Å². The third-order valence-electron chi connectivity index (χ3n) is 0. The summed E-state index contributed by atoms with van der Waals surface area (Å²) in [5.41, 5.74) is 0. The molecule has 0 rings (SSSR count). The molecule has 5 nitrogen and oxygen atoms in total. The molecule has 36 valence electrons. The molecule has 4 radical (unpaired) electrons. The van der Waals surface area contributed by atoms with Crippen molar-refractivity contribution in [3.8, 4) is 0 Å². The second-order valence-corrected chi connectivity index (χ2v) is 0.224. The van der Waals surface area contributed by atoms with Crippen LogP contribution in [0.3, 0.4) is 0 Å². The van der Waals surface area contributed by atoms with Crippen LogP contribution in [0.25, 0.3) is 0 Å². The summed E-state index contributed by atoms with van der Waals surface area (Å²) < 4.78 is 0. The molecule has 0 heterocycles. The van der Waals surface area contributed by atoms with Crippen molar-refractivity contribution in [3.05, 3.63) is 15.3 Å². The van der Waals surface area contributed by atoms with Crippen LogP contribution in [0.15, 0.2) is 0 Å². The molecular weight excluding hydrogens is 283 g/mol. The number of nitrogens with zero attached hydrogens (tertiary/aromatic N) is 1. The summed E-state index contributed by atoms with van der Waals surface area (Å²) in [4.78, 5) is 8.25. The number of quaternary nitrogens is 1. The minimum absolute atomic E-state index is 0. The largest absolute Gasteiger partial charge is 0.369 e. The van der Waals surface area contributed by atoms with E-state index in [0.717, 1.165) is 0 Å². The van der Waals surface area contributed by atoms with Crippen LogP contribution in [0.2, 0.25) is 0 Å². The van der Waals surface area contributed by atoms with Gasteiger partial charge in [-0.25, -0.2) is 0 Å². The summed E-state index contributed by atoms with van der Waals surface area (Å²) >= 11 is 0. The smallest absolute Gasteiger partial charge is 0.0689 e. The molecule has 0 bridgehead atoms. The molecule has 0 saturated carbocycles. The predicted molar refractivity (Wildman–Crippen MR) is 22.1 cm³/mol. The van der Waals surface area contributed by atoms with Gasteiger partial charge in [0.1, 0.15) is 0 Å². The summed E-state index contributed by atoms with van der Waals surface area (Å²) in [7, 11) is 0. The van der Waals surface area contributed by atoms with E-state index in [1.807, 2.05) is 0 Å². The molecule has 0 aliphatic carbocycles. The topological polar surface area (TPSA) is 103 Å². The molecule has 0 aromatic carbocycles. The third kappa shape index (κ3) is 5760. The first-order valence-corrected chi connectivity index (χ1v) is 0.548. The minimum Gasteiger partial charge on any atom is -0.369 e. The van der Waals surface area contributed by atoms with E-state index in [-0.39, 0.29) is 33.4 Å². The Morgan fingerprint density at radius 3 is 1.33 bits per heavy atom. The minimum atomic E-state index is -1.75. The Bertz CT molecular complexity index is 31.8. The van der Waals surface area contributed by atoms with Crippen LogP contribution in [-0.2, 0) is 0 Å². The predicted octanol–water partition coefficient (Wildman–Crippen LogP) is -0.244. The molecule has 0 atom stereocenters. The third-order valence-corrected chi connectivity index (χ3v) is 0. The molecule has 6 heteroatoms. The molecule has 0 aromatic rings. The van der Waals surface area contributed by atoms with E-state index in [1.54, 1.807) is 0 Å². The van der Waals surface area contributed by atoms with Crippen molar-refractivity contribution in [1.82, 2.24) is 6.15 Å². The molecular formula is H4N2O3Pb. The number of hydrogen-bond acceptors (Lipinski definition) is 3. The van der Waals surface area contributed by atoms with Crippen LogP contribution >= 0.6 is 0 Å². The van der Waals surface area contributed by atoms with E-state index < -0.39 is 5.09 Å². The van der Waals surface area contributed by atoms with Crippen LogP contribution in [0.4, 0.5) is 0 Å².